The fourth-order valence-corrected chi connectivity index (χ4v) is 1.04. The van der Waals surface area contributed by atoms with E-state index in [0.717, 1.165) is 12.1 Å². The number of rotatable bonds is 0. The molecule has 0 aliphatic heterocycles. The molecule has 0 nitrogen and oxygen atoms in total. The van der Waals surface area contributed by atoms with Crippen LogP contribution in [0.1, 0.15) is 13.8 Å². The van der Waals surface area contributed by atoms with Crippen molar-refractivity contribution in [1.29, 1.82) is 0 Å². The van der Waals surface area contributed by atoms with E-state index >= 15 is 0 Å². The lowest BCUT2D eigenvalue weighted by Crippen LogP contribution is -1.82. The first-order valence-corrected chi connectivity index (χ1v) is 4.58. The maximum atomic E-state index is 12.4. The molecule has 68 valence electrons. The van der Waals surface area contributed by atoms with Gasteiger partial charge in [0, 0.05) is 4.47 Å². The van der Waals surface area contributed by atoms with Crippen LogP contribution in [0.4, 0.5) is 8.78 Å². The average Bonchev–Trinajstić information content (AvgIpc) is 2.04. The number of benzene rings is 1. The molecule has 0 aromatic heterocycles. The molecule has 0 aliphatic rings. The summed E-state index contributed by atoms with van der Waals surface area (Å²) < 4.78 is 25.2. The van der Waals surface area contributed by atoms with Crippen molar-refractivity contribution < 1.29 is 8.78 Å². The summed E-state index contributed by atoms with van der Waals surface area (Å²) in [5, 5.41) is -0.469. The smallest absolute Gasteiger partial charge is 0.145 e. The molecule has 0 spiro atoms. The molecular formula is C8H8BrClF2. The van der Waals surface area contributed by atoms with Crippen molar-refractivity contribution in [1.82, 2.24) is 0 Å². The van der Waals surface area contributed by atoms with Crippen molar-refractivity contribution in [3.63, 3.8) is 0 Å². The molecule has 0 radical (unpaired) electrons. The summed E-state index contributed by atoms with van der Waals surface area (Å²) in [6.07, 6.45) is 0. The van der Waals surface area contributed by atoms with Gasteiger partial charge in [0.2, 0.25) is 0 Å². The SMILES string of the molecule is CC.Fc1cc(Br)cc(F)c1Cl. The molecule has 0 saturated carbocycles. The lowest BCUT2D eigenvalue weighted by molar-refractivity contribution is 0.582. The van der Waals surface area contributed by atoms with Gasteiger partial charge in [-0.15, -0.1) is 0 Å². The highest BCUT2D eigenvalue weighted by molar-refractivity contribution is 9.10. The van der Waals surface area contributed by atoms with Crippen molar-refractivity contribution in [3.8, 4) is 0 Å². The first-order chi connectivity index (χ1) is 5.61. The molecule has 1 rings (SSSR count). The molecule has 0 heterocycles. The Balaban J connectivity index is 0.000000561. The molecule has 0 unspecified atom stereocenters. The third-order valence-electron chi connectivity index (χ3n) is 0.949. The van der Waals surface area contributed by atoms with Crippen molar-refractivity contribution >= 4 is 27.5 Å². The van der Waals surface area contributed by atoms with Crippen LogP contribution in [-0.2, 0) is 0 Å². The van der Waals surface area contributed by atoms with Gasteiger partial charge in [-0.05, 0) is 12.1 Å². The highest BCUT2D eigenvalue weighted by Crippen LogP contribution is 2.22. The first-order valence-electron chi connectivity index (χ1n) is 3.41. The second-order valence-corrected chi connectivity index (χ2v) is 2.98. The highest BCUT2D eigenvalue weighted by Gasteiger charge is 2.06. The normalized spacial score (nSPS) is 8.83. The molecule has 0 fully saturated rings. The fourth-order valence-electron chi connectivity index (χ4n) is 0.525. The summed E-state index contributed by atoms with van der Waals surface area (Å²) in [5.74, 6) is -1.51. The van der Waals surface area contributed by atoms with Crippen molar-refractivity contribution in [2.75, 3.05) is 0 Å². The van der Waals surface area contributed by atoms with Crippen molar-refractivity contribution in [3.05, 3.63) is 33.3 Å². The van der Waals surface area contributed by atoms with Gasteiger partial charge in [-0.25, -0.2) is 8.78 Å². The monoisotopic (exact) mass is 256 g/mol. The predicted octanol–water partition coefficient (Wildman–Crippen LogP) is 4.41. The lowest BCUT2D eigenvalue weighted by Gasteiger charge is -1.95. The Labute approximate surface area is 83.7 Å². The van der Waals surface area contributed by atoms with Gasteiger partial charge in [0.1, 0.15) is 16.7 Å². The Bertz CT molecular complexity index is 240. The highest BCUT2D eigenvalue weighted by atomic mass is 79.9. The second kappa shape index (κ2) is 5.49. The molecule has 1 aromatic carbocycles. The van der Waals surface area contributed by atoms with Crippen LogP contribution in [0.15, 0.2) is 16.6 Å². The summed E-state index contributed by atoms with van der Waals surface area (Å²) >= 11 is 8.09. The maximum Gasteiger partial charge on any atom is 0.145 e. The van der Waals surface area contributed by atoms with Gasteiger partial charge in [-0.3, -0.25) is 0 Å². The third kappa shape index (κ3) is 3.07. The van der Waals surface area contributed by atoms with Gasteiger partial charge in [0.05, 0.1) is 0 Å². The Hall–Kier alpha value is -0.150. The van der Waals surface area contributed by atoms with Crippen LogP contribution in [0.3, 0.4) is 0 Å². The van der Waals surface area contributed by atoms with E-state index in [1.807, 2.05) is 13.8 Å². The lowest BCUT2D eigenvalue weighted by atomic mass is 10.3. The zero-order chi connectivity index (χ0) is 9.72. The third-order valence-corrected chi connectivity index (χ3v) is 1.77. The molecule has 0 atom stereocenters. The minimum Gasteiger partial charge on any atom is -0.205 e. The summed E-state index contributed by atoms with van der Waals surface area (Å²) in [6, 6.07) is 2.21. The standard InChI is InChI=1S/C6H2BrClF2.C2H6/c7-3-1-4(9)6(8)5(10)2-3;1-2/h1-2H;1-2H3. The quantitative estimate of drug-likeness (QED) is 0.477. The zero-order valence-corrected chi connectivity index (χ0v) is 9.01. The van der Waals surface area contributed by atoms with Crippen LogP contribution < -0.4 is 0 Å². The van der Waals surface area contributed by atoms with Crippen LogP contribution >= 0.6 is 27.5 Å². The molecular weight excluding hydrogens is 249 g/mol. The Kier molecular flexibility index (Phi) is 5.42. The summed E-state index contributed by atoms with van der Waals surface area (Å²) in [7, 11) is 0. The van der Waals surface area contributed by atoms with Gasteiger partial charge >= 0.3 is 0 Å². The van der Waals surface area contributed by atoms with E-state index in [2.05, 4.69) is 15.9 Å². The van der Waals surface area contributed by atoms with Gasteiger partial charge in [-0.1, -0.05) is 41.4 Å². The van der Waals surface area contributed by atoms with E-state index in [1.54, 1.807) is 0 Å². The molecule has 12 heavy (non-hydrogen) atoms. The van der Waals surface area contributed by atoms with Gasteiger partial charge in [0.15, 0.2) is 0 Å². The number of hydrogen-bond donors (Lipinski definition) is 0. The molecule has 0 aliphatic carbocycles. The zero-order valence-electron chi connectivity index (χ0n) is 6.67. The number of halogens is 4. The van der Waals surface area contributed by atoms with Crippen molar-refractivity contribution in [2.45, 2.75) is 13.8 Å². The fraction of sp³-hybridized carbons (Fsp3) is 0.250. The average molecular weight is 258 g/mol. The van der Waals surface area contributed by atoms with Gasteiger partial charge < -0.3 is 0 Å². The van der Waals surface area contributed by atoms with E-state index < -0.39 is 16.7 Å². The topological polar surface area (TPSA) is 0 Å². The number of hydrogen-bond acceptors (Lipinski definition) is 0. The predicted molar refractivity (Wildman–Crippen MR) is 50.4 cm³/mol. The van der Waals surface area contributed by atoms with Crippen LogP contribution in [0.2, 0.25) is 5.02 Å². The van der Waals surface area contributed by atoms with E-state index in [4.69, 9.17) is 11.6 Å². The molecule has 0 N–H and O–H groups in total. The van der Waals surface area contributed by atoms with E-state index in [0.29, 0.717) is 4.47 Å². The van der Waals surface area contributed by atoms with Crippen LogP contribution in [0.5, 0.6) is 0 Å². The molecule has 4 heteroatoms. The summed E-state index contributed by atoms with van der Waals surface area (Å²) in [4.78, 5) is 0. The van der Waals surface area contributed by atoms with Crippen LogP contribution in [0, 0.1) is 11.6 Å². The molecule has 0 bridgehead atoms. The maximum absolute atomic E-state index is 12.4. The van der Waals surface area contributed by atoms with E-state index in [1.165, 1.54) is 0 Å². The Morgan fingerprint density at radius 2 is 1.50 bits per heavy atom. The minimum atomic E-state index is -0.756. The molecule has 1 aromatic rings. The first kappa shape index (κ1) is 11.8. The minimum absolute atomic E-state index is 0.340. The van der Waals surface area contributed by atoms with Crippen molar-refractivity contribution in [2.24, 2.45) is 0 Å². The van der Waals surface area contributed by atoms with Crippen LogP contribution in [0.25, 0.3) is 0 Å². The molecule has 0 amide bonds. The summed E-state index contributed by atoms with van der Waals surface area (Å²) in [5.41, 5.74) is 0. The van der Waals surface area contributed by atoms with Gasteiger partial charge in [0.25, 0.3) is 0 Å². The van der Waals surface area contributed by atoms with Crippen LogP contribution in [-0.4, -0.2) is 0 Å². The Morgan fingerprint density at radius 3 is 1.83 bits per heavy atom. The molecule has 0 saturated heterocycles. The van der Waals surface area contributed by atoms with Gasteiger partial charge in [-0.2, -0.15) is 0 Å². The largest absolute Gasteiger partial charge is 0.205 e. The van der Waals surface area contributed by atoms with E-state index in [-0.39, 0.29) is 0 Å². The second-order valence-electron chi connectivity index (χ2n) is 1.68. The Morgan fingerprint density at radius 1 is 1.17 bits per heavy atom. The summed E-state index contributed by atoms with van der Waals surface area (Å²) in [6.45, 7) is 4.00. The van der Waals surface area contributed by atoms with E-state index in [9.17, 15) is 8.78 Å².